The van der Waals surface area contributed by atoms with Crippen LogP contribution in [0.1, 0.15) is 18.3 Å². The number of hydrogen-bond acceptors (Lipinski definition) is 7. The number of aromatic nitrogens is 2. The molecule has 0 unspecified atom stereocenters. The standard InChI is InChI=1S/C18H26N6O4S/c1-3-19-18(20-13-15-5-4-6-17(21-15)27-2)23-8-10-24(11-9-23)29(25,26)14-16-7-12-28-22-16/h4-7,12H,3,8-11,13-14H2,1-2H3,(H,19,20). The quantitative estimate of drug-likeness (QED) is 0.512. The molecule has 0 bridgehead atoms. The molecule has 0 amide bonds. The SMILES string of the molecule is CCNC(=NCc1cccc(OC)n1)N1CCN(S(=O)(=O)Cc2ccon2)CC1. The summed E-state index contributed by atoms with van der Waals surface area (Å²) in [5.41, 5.74) is 1.21. The van der Waals surface area contributed by atoms with E-state index in [1.54, 1.807) is 19.2 Å². The molecule has 0 spiro atoms. The van der Waals surface area contributed by atoms with Crippen LogP contribution in [0, 0.1) is 0 Å². The third kappa shape index (κ3) is 5.67. The van der Waals surface area contributed by atoms with E-state index in [4.69, 9.17) is 9.26 Å². The lowest BCUT2D eigenvalue weighted by molar-refractivity contribution is 0.259. The highest BCUT2D eigenvalue weighted by atomic mass is 32.2. The maximum absolute atomic E-state index is 12.6. The molecule has 1 aliphatic heterocycles. The highest BCUT2D eigenvalue weighted by Crippen LogP contribution is 2.13. The van der Waals surface area contributed by atoms with Crippen LogP contribution in [0.2, 0.25) is 0 Å². The molecule has 1 saturated heterocycles. The number of nitrogens with one attached hydrogen (secondary N) is 1. The molecule has 1 aliphatic rings. The number of guanidine groups is 1. The molecule has 1 N–H and O–H groups in total. The fraction of sp³-hybridized carbons (Fsp3) is 0.500. The van der Waals surface area contributed by atoms with Crippen molar-refractivity contribution in [1.82, 2.24) is 24.7 Å². The second kappa shape index (κ2) is 9.70. The summed E-state index contributed by atoms with van der Waals surface area (Å²) in [7, 11) is -1.85. The van der Waals surface area contributed by atoms with E-state index in [1.165, 1.54) is 10.6 Å². The van der Waals surface area contributed by atoms with Gasteiger partial charge in [0, 0.05) is 44.9 Å². The minimum absolute atomic E-state index is 0.154. The van der Waals surface area contributed by atoms with Crippen LogP contribution in [-0.4, -0.2) is 73.6 Å². The lowest BCUT2D eigenvalue weighted by atomic mass is 10.3. The fourth-order valence-corrected chi connectivity index (χ4v) is 4.43. The van der Waals surface area contributed by atoms with Gasteiger partial charge in [0.15, 0.2) is 5.96 Å². The number of sulfonamides is 1. The molecule has 3 heterocycles. The third-order valence-corrected chi connectivity index (χ3v) is 6.28. The molecule has 0 saturated carbocycles. The molecule has 2 aromatic rings. The lowest BCUT2D eigenvalue weighted by Gasteiger charge is -2.35. The van der Waals surface area contributed by atoms with Crippen molar-refractivity contribution < 1.29 is 17.7 Å². The Balaban J connectivity index is 1.61. The van der Waals surface area contributed by atoms with Crippen molar-refractivity contribution in [3.05, 3.63) is 41.9 Å². The summed E-state index contributed by atoms with van der Waals surface area (Å²) in [4.78, 5) is 11.1. The number of pyridine rings is 1. The topological polar surface area (TPSA) is 113 Å². The highest BCUT2D eigenvalue weighted by Gasteiger charge is 2.29. The third-order valence-electron chi connectivity index (χ3n) is 4.47. The first-order chi connectivity index (χ1) is 14.0. The van der Waals surface area contributed by atoms with Gasteiger partial charge in [-0.1, -0.05) is 11.2 Å². The Bertz CT molecular complexity index is 908. The van der Waals surface area contributed by atoms with Crippen molar-refractivity contribution in [2.24, 2.45) is 4.99 Å². The van der Waals surface area contributed by atoms with Crippen molar-refractivity contribution in [2.75, 3.05) is 39.8 Å². The summed E-state index contributed by atoms with van der Waals surface area (Å²) in [6.45, 7) is 5.01. The first-order valence-corrected chi connectivity index (χ1v) is 11.0. The van der Waals surface area contributed by atoms with Gasteiger partial charge < -0.3 is 19.5 Å². The summed E-state index contributed by atoms with van der Waals surface area (Å²) in [5.74, 6) is 1.14. The van der Waals surface area contributed by atoms with Crippen molar-refractivity contribution in [3.8, 4) is 5.88 Å². The van der Waals surface area contributed by atoms with Gasteiger partial charge in [0.1, 0.15) is 12.0 Å². The second-order valence-electron chi connectivity index (χ2n) is 6.47. The van der Waals surface area contributed by atoms with Crippen LogP contribution < -0.4 is 10.1 Å². The van der Waals surface area contributed by atoms with Gasteiger partial charge in [0.05, 0.1) is 25.0 Å². The summed E-state index contributed by atoms with van der Waals surface area (Å²) < 4.78 is 36.5. The van der Waals surface area contributed by atoms with Gasteiger partial charge in [-0.25, -0.2) is 18.4 Å². The van der Waals surface area contributed by atoms with E-state index in [0.29, 0.717) is 44.3 Å². The molecule has 2 aromatic heterocycles. The lowest BCUT2D eigenvalue weighted by Crippen LogP contribution is -2.53. The number of nitrogens with zero attached hydrogens (tertiary/aromatic N) is 5. The predicted octanol–water partition coefficient (Wildman–Crippen LogP) is 0.691. The number of piperazine rings is 1. The summed E-state index contributed by atoms with van der Waals surface area (Å²) >= 11 is 0. The van der Waals surface area contributed by atoms with E-state index in [0.717, 1.165) is 18.2 Å². The van der Waals surface area contributed by atoms with Crippen LogP contribution in [0.4, 0.5) is 0 Å². The monoisotopic (exact) mass is 422 g/mol. The Morgan fingerprint density at radius 3 is 2.69 bits per heavy atom. The molecule has 158 valence electrons. The van der Waals surface area contributed by atoms with Gasteiger partial charge in [-0.05, 0) is 13.0 Å². The number of methoxy groups -OCH3 is 1. The van der Waals surface area contributed by atoms with Crippen LogP contribution in [0.15, 0.2) is 40.0 Å². The van der Waals surface area contributed by atoms with E-state index >= 15 is 0 Å². The summed E-state index contributed by atoms with van der Waals surface area (Å²) in [6, 6.07) is 7.12. The molecule has 11 heteroatoms. The molecular weight excluding hydrogens is 396 g/mol. The van der Waals surface area contributed by atoms with Crippen molar-refractivity contribution in [2.45, 2.75) is 19.2 Å². The van der Waals surface area contributed by atoms with E-state index in [-0.39, 0.29) is 5.75 Å². The number of hydrogen-bond donors (Lipinski definition) is 1. The van der Waals surface area contributed by atoms with Crippen LogP contribution in [-0.2, 0) is 22.3 Å². The average Bonchev–Trinajstić information content (AvgIpc) is 3.23. The normalized spacial score (nSPS) is 16.1. The van der Waals surface area contributed by atoms with Crippen LogP contribution in [0.3, 0.4) is 0 Å². The van der Waals surface area contributed by atoms with E-state index in [1.807, 2.05) is 19.1 Å². The number of rotatable bonds is 7. The van der Waals surface area contributed by atoms with Gasteiger partial charge >= 0.3 is 0 Å². The minimum Gasteiger partial charge on any atom is -0.481 e. The zero-order chi connectivity index (χ0) is 20.7. The first kappa shape index (κ1) is 21.1. The minimum atomic E-state index is -3.43. The van der Waals surface area contributed by atoms with Crippen LogP contribution in [0.5, 0.6) is 5.88 Å². The zero-order valence-corrected chi connectivity index (χ0v) is 17.4. The molecule has 1 fully saturated rings. The Labute approximate surface area is 170 Å². The maximum atomic E-state index is 12.6. The molecule has 0 aromatic carbocycles. The predicted molar refractivity (Wildman–Crippen MR) is 108 cm³/mol. The van der Waals surface area contributed by atoms with Crippen molar-refractivity contribution in [3.63, 3.8) is 0 Å². The maximum Gasteiger partial charge on any atom is 0.220 e. The van der Waals surface area contributed by atoms with Gasteiger partial charge in [0.2, 0.25) is 15.9 Å². The van der Waals surface area contributed by atoms with Gasteiger partial charge in [-0.15, -0.1) is 0 Å². The molecule has 10 nitrogen and oxygen atoms in total. The first-order valence-electron chi connectivity index (χ1n) is 9.42. The van der Waals surface area contributed by atoms with E-state index in [2.05, 4.69) is 25.3 Å². The largest absolute Gasteiger partial charge is 0.481 e. The molecule has 0 atom stereocenters. The van der Waals surface area contributed by atoms with Gasteiger partial charge in [-0.2, -0.15) is 4.31 Å². The Morgan fingerprint density at radius 2 is 2.03 bits per heavy atom. The Kier molecular flexibility index (Phi) is 7.04. The molecular formula is C18H26N6O4S. The molecule has 0 radical (unpaired) electrons. The smallest absolute Gasteiger partial charge is 0.220 e. The van der Waals surface area contributed by atoms with E-state index in [9.17, 15) is 8.42 Å². The van der Waals surface area contributed by atoms with E-state index < -0.39 is 10.0 Å². The van der Waals surface area contributed by atoms with Crippen LogP contribution >= 0.6 is 0 Å². The second-order valence-corrected chi connectivity index (χ2v) is 8.44. The Morgan fingerprint density at radius 1 is 1.24 bits per heavy atom. The fourth-order valence-electron chi connectivity index (χ4n) is 3.01. The van der Waals surface area contributed by atoms with Crippen molar-refractivity contribution >= 4 is 16.0 Å². The summed E-state index contributed by atoms with van der Waals surface area (Å²) in [5, 5.41) is 6.96. The zero-order valence-electron chi connectivity index (χ0n) is 16.6. The number of ether oxygens (including phenoxy) is 1. The van der Waals surface area contributed by atoms with Gasteiger partial charge in [-0.3, -0.25) is 0 Å². The molecule has 0 aliphatic carbocycles. The Hall–Kier alpha value is -2.66. The highest BCUT2D eigenvalue weighted by molar-refractivity contribution is 7.88. The molecule has 3 rings (SSSR count). The van der Waals surface area contributed by atoms with Gasteiger partial charge in [0.25, 0.3) is 0 Å². The summed E-state index contributed by atoms with van der Waals surface area (Å²) in [6.07, 6.45) is 1.37. The molecule has 29 heavy (non-hydrogen) atoms. The number of aliphatic imine (C=N–C) groups is 1. The average molecular weight is 423 g/mol. The van der Waals surface area contributed by atoms with Crippen molar-refractivity contribution in [1.29, 1.82) is 0 Å². The van der Waals surface area contributed by atoms with Crippen LogP contribution in [0.25, 0.3) is 0 Å².